The van der Waals surface area contributed by atoms with Gasteiger partial charge in [-0.3, -0.25) is 5.43 Å². The van der Waals surface area contributed by atoms with Gasteiger partial charge in [-0.2, -0.15) is 5.10 Å². The molecule has 3 aromatic rings. The molecule has 0 atom stereocenters. The Morgan fingerprint density at radius 1 is 1.00 bits per heavy atom. The molecule has 0 aliphatic rings. The van der Waals surface area contributed by atoms with Crippen LogP contribution in [0.15, 0.2) is 76.3 Å². The Kier molecular flexibility index (Phi) is 7.34. The van der Waals surface area contributed by atoms with Crippen LogP contribution in [0.1, 0.15) is 18.1 Å². The van der Waals surface area contributed by atoms with Gasteiger partial charge >= 0.3 is 0 Å². The summed E-state index contributed by atoms with van der Waals surface area (Å²) in [6.07, 6.45) is 1.74. The molecule has 0 amide bonds. The normalized spacial score (nSPS) is 10.8. The van der Waals surface area contributed by atoms with Gasteiger partial charge < -0.3 is 9.47 Å². The summed E-state index contributed by atoms with van der Waals surface area (Å²) in [6, 6.07) is 21.1. The zero-order chi connectivity index (χ0) is 19.8. The predicted octanol–water partition coefficient (Wildman–Crippen LogP) is 6.53. The van der Waals surface area contributed by atoms with E-state index in [-0.39, 0.29) is 0 Å². The van der Waals surface area contributed by atoms with Crippen LogP contribution < -0.4 is 14.9 Å². The number of rotatable bonds is 8. The number of benzene rings is 3. The third kappa shape index (κ3) is 5.75. The highest BCUT2D eigenvalue weighted by molar-refractivity contribution is 9.10. The summed E-state index contributed by atoms with van der Waals surface area (Å²) in [6.45, 7) is 2.90. The lowest BCUT2D eigenvalue weighted by atomic mass is 10.2. The maximum absolute atomic E-state index is 5.97. The number of ether oxygens (including phenoxy) is 2. The molecule has 0 aliphatic carbocycles. The minimum Gasteiger partial charge on any atom is -0.490 e. The van der Waals surface area contributed by atoms with Gasteiger partial charge in [0.1, 0.15) is 6.61 Å². The molecule has 0 heterocycles. The maximum Gasteiger partial charge on any atom is 0.162 e. The Balaban J connectivity index is 1.74. The van der Waals surface area contributed by atoms with Crippen molar-refractivity contribution in [2.24, 2.45) is 5.10 Å². The van der Waals surface area contributed by atoms with E-state index in [9.17, 15) is 0 Å². The maximum atomic E-state index is 5.97. The van der Waals surface area contributed by atoms with E-state index in [1.807, 2.05) is 73.7 Å². The van der Waals surface area contributed by atoms with Gasteiger partial charge in [-0.1, -0.05) is 41.9 Å². The number of para-hydroxylation sites is 1. The Bertz CT molecular complexity index is 931. The first-order chi connectivity index (χ1) is 13.7. The summed E-state index contributed by atoms with van der Waals surface area (Å²) >= 11 is 9.51. The number of nitrogens with zero attached hydrogens (tertiary/aromatic N) is 1. The molecular formula is C22H20BrClN2O2. The summed E-state index contributed by atoms with van der Waals surface area (Å²) in [7, 11) is 0. The smallest absolute Gasteiger partial charge is 0.162 e. The number of nitrogens with one attached hydrogen (secondary N) is 1. The second-order valence-electron chi connectivity index (χ2n) is 5.90. The molecule has 3 aromatic carbocycles. The van der Waals surface area contributed by atoms with Crippen molar-refractivity contribution in [3.63, 3.8) is 0 Å². The lowest BCUT2D eigenvalue weighted by Gasteiger charge is -2.14. The van der Waals surface area contributed by atoms with Crippen LogP contribution in [0.4, 0.5) is 5.69 Å². The van der Waals surface area contributed by atoms with Crippen LogP contribution in [0.5, 0.6) is 11.5 Å². The third-order valence-electron chi connectivity index (χ3n) is 3.84. The monoisotopic (exact) mass is 458 g/mol. The van der Waals surface area contributed by atoms with E-state index < -0.39 is 0 Å². The van der Waals surface area contributed by atoms with Crippen LogP contribution in [0, 0.1) is 0 Å². The predicted molar refractivity (Wildman–Crippen MR) is 119 cm³/mol. The number of hydrogen-bond acceptors (Lipinski definition) is 4. The number of hydrogen-bond donors (Lipinski definition) is 1. The summed E-state index contributed by atoms with van der Waals surface area (Å²) in [5.74, 6) is 1.33. The minimum atomic E-state index is 0.423. The highest BCUT2D eigenvalue weighted by Gasteiger charge is 2.10. The molecular weight excluding hydrogens is 440 g/mol. The van der Waals surface area contributed by atoms with E-state index in [0.717, 1.165) is 21.3 Å². The molecule has 144 valence electrons. The molecule has 4 nitrogen and oxygen atoms in total. The number of anilines is 1. The summed E-state index contributed by atoms with van der Waals surface area (Å²) in [5, 5.41) is 4.99. The van der Waals surface area contributed by atoms with Crippen molar-refractivity contribution in [3.05, 3.63) is 87.4 Å². The Morgan fingerprint density at radius 3 is 2.43 bits per heavy atom. The molecule has 3 rings (SSSR count). The van der Waals surface area contributed by atoms with Crippen molar-refractivity contribution in [1.82, 2.24) is 0 Å². The largest absolute Gasteiger partial charge is 0.490 e. The first-order valence-corrected chi connectivity index (χ1v) is 10.0. The fourth-order valence-electron chi connectivity index (χ4n) is 2.46. The molecule has 0 saturated heterocycles. The van der Waals surface area contributed by atoms with E-state index >= 15 is 0 Å². The van der Waals surface area contributed by atoms with Crippen molar-refractivity contribution >= 4 is 39.4 Å². The standard InChI is InChI=1S/C22H20BrClN2O2/c1-2-27-21-12-17(14-25-26-19-6-4-3-5-7-19)20(23)13-22(21)28-15-16-8-10-18(24)11-9-16/h3-14,26H,2,15H2,1H3/b25-14+. The summed E-state index contributed by atoms with van der Waals surface area (Å²) in [5.41, 5.74) is 5.83. The zero-order valence-corrected chi connectivity index (χ0v) is 17.7. The van der Waals surface area contributed by atoms with Gasteiger partial charge in [-0.15, -0.1) is 0 Å². The highest BCUT2D eigenvalue weighted by Crippen LogP contribution is 2.34. The SMILES string of the molecule is CCOc1cc(/C=N/Nc2ccccc2)c(Br)cc1OCc1ccc(Cl)cc1. The first-order valence-electron chi connectivity index (χ1n) is 8.83. The average molecular weight is 460 g/mol. The summed E-state index contributed by atoms with van der Waals surface area (Å²) in [4.78, 5) is 0. The van der Waals surface area contributed by atoms with Crippen molar-refractivity contribution in [2.75, 3.05) is 12.0 Å². The Labute approximate surface area is 178 Å². The second-order valence-corrected chi connectivity index (χ2v) is 7.20. The lowest BCUT2D eigenvalue weighted by Crippen LogP contribution is -2.01. The van der Waals surface area contributed by atoms with E-state index in [1.165, 1.54) is 0 Å². The van der Waals surface area contributed by atoms with Crippen molar-refractivity contribution in [2.45, 2.75) is 13.5 Å². The molecule has 1 N–H and O–H groups in total. The van der Waals surface area contributed by atoms with Crippen LogP contribution in [-0.2, 0) is 6.61 Å². The molecule has 6 heteroatoms. The molecule has 0 unspecified atom stereocenters. The fourth-order valence-corrected chi connectivity index (χ4v) is 3.01. The van der Waals surface area contributed by atoms with Crippen molar-refractivity contribution < 1.29 is 9.47 Å². The van der Waals surface area contributed by atoms with Gasteiger partial charge in [-0.05, 0) is 64.8 Å². The molecule has 0 spiro atoms. The Hall–Kier alpha value is -2.50. The summed E-state index contributed by atoms with van der Waals surface area (Å²) < 4.78 is 12.6. The molecule has 0 aliphatic heterocycles. The quantitative estimate of drug-likeness (QED) is 0.308. The van der Waals surface area contributed by atoms with Gasteiger partial charge in [-0.25, -0.2) is 0 Å². The van der Waals surface area contributed by atoms with Crippen LogP contribution in [0.2, 0.25) is 5.02 Å². The van der Waals surface area contributed by atoms with Crippen LogP contribution in [0.3, 0.4) is 0 Å². The average Bonchev–Trinajstić information content (AvgIpc) is 2.71. The minimum absolute atomic E-state index is 0.423. The molecule has 28 heavy (non-hydrogen) atoms. The number of hydrazone groups is 1. The van der Waals surface area contributed by atoms with Gasteiger partial charge in [0, 0.05) is 15.1 Å². The second kappa shape index (κ2) is 10.2. The van der Waals surface area contributed by atoms with Crippen molar-refractivity contribution in [1.29, 1.82) is 0 Å². The van der Waals surface area contributed by atoms with Crippen LogP contribution in [0.25, 0.3) is 0 Å². The van der Waals surface area contributed by atoms with Gasteiger partial charge in [0.05, 0.1) is 18.5 Å². The Morgan fingerprint density at radius 2 is 1.71 bits per heavy atom. The van der Waals surface area contributed by atoms with Crippen LogP contribution >= 0.6 is 27.5 Å². The molecule has 0 saturated carbocycles. The van der Waals surface area contributed by atoms with E-state index in [1.54, 1.807) is 6.21 Å². The number of halogens is 2. The van der Waals surface area contributed by atoms with Gasteiger partial charge in [0.25, 0.3) is 0 Å². The lowest BCUT2D eigenvalue weighted by molar-refractivity contribution is 0.269. The topological polar surface area (TPSA) is 42.8 Å². The molecule has 0 bridgehead atoms. The fraction of sp³-hybridized carbons (Fsp3) is 0.136. The highest BCUT2D eigenvalue weighted by atomic mass is 79.9. The van der Waals surface area contributed by atoms with Crippen LogP contribution in [-0.4, -0.2) is 12.8 Å². The van der Waals surface area contributed by atoms with E-state index in [4.69, 9.17) is 21.1 Å². The van der Waals surface area contributed by atoms with E-state index in [0.29, 0.717) is 29.7 Å². The first kappa shape index (κ1) is 20.2. The molecule has 0 fully saturated rings. The zero-order valence-electron chi connectivity index (χ0n) is 15.4. The van der Waals surface area contributed by atoms with Crippen molar-refractivity contribution in [3.8, 4) is 11.5 Å². The third-order valence-corrected chi connectivity index (χ3v) is 4.78. The molecule has 0 radical (unpaired) electrons. The molecule has 0 aromatic heterocycles. The van der Waals surface area contributed by atoms with Gasteiger partial charge in [0.15, 0.2) is 11.5 Å². The van der Waals surface area contributed by atoms with E-state index in [2.05, 4.69) is 26.5 Å². The van der Waals surface area contributed by atoms with Gasteiger partial charge in [0.2, 0.25) is 0 Å².